The summed E-state index contributed by atoms with van der Waals surface area (Å²) in [5.41, 5.74) is 13.1. The number of hydrogen-bond acceptors (Lipinski definition) is 1. The van der Waals surface area contributed by atoms with E-state index in [0.717, 1.165) is 19.4 Å². The van der Waals surface area contributed by atoms with Crippen LogP contribution in [0.3, 0.4) is 0 Å². The van der Waals surface area contributed by atoms with Crippen molar-refractivity contribution in [3.05, 3.63) is 131 Å². The van der Waals surface area contributed by atoms with E-state index in [1.54, 1.807) is 6.04 Å². The Morgan fingerprint density at radius 3 is 1.66 bits per heavy atom. The van der Waals surface area contributed by atoms with Gasteiger partial charge < -0.3 is 29.6 Å². The first-order chi connectivity index (χ1) is 29.2. The van der Waals surface area contributed by atoms with Crippen molar-refractivity contribution in [2.24, 2.45) is 0 Å². The number of halogens is 2. The molecule has 348 valence electrons. The van der Waals surface area contributed by atoms with Crippen molar-refractivity contribution in [1.82, 2.24) is 0 Å². The van der Waals surface area contributed by atoms with Crippen LogP contribution in [-0.2, 0) is 45.3 Å². The number of aryl methyl sites for hydroxylation is 2. The Labute approximate surface area is 419 Å². The molecule has 0 N–H and O–H groups in total. The molecule has 0 fully saturated rings. The Kier molecular flexibility index (Phi) is 24.3. The second-order valence-corrected chi connectivity index (χ2v) is 29.6. The zero-order valence-electron chi connectivity index (χ0n) is 42.3. The van der Waals surface area contributed by atoms with E-state index in [2.05, 4.69) is 200 Å². The van der Waals surface area contributed by atoms with Crippen LogP contribution in [0.1, 0.15) is 168 Å². The quantitative estimate of drug-likeness (QED) is 0.0566. The molecule has 0 radical (unpaired) electrons. The van der Waals surface area contributed by atoms with E-state index >= 15 is 0 Å². The Morgan fingerprint density at radius 1 is 0.625 bits per heavy atom. The summed E-state index contributed by atoms with van der Waals surface area (Å²) >= 11 is 1.81. The van der Waals surface area contributed by atoms with Gasteiger partial charge in [-0.15, -0.1) is 74.6 Å². The van der Waals surface area contributed by atoms with Crippen LogP contribution < -0.4 is 24.8 Å². The van der Waals surface area contributed by atoms with Gasteiger partial charge in [-0.3, -0.25) is 0 Å². The molecule has 6 aromatic carbocycles. The van der Waals surface area contributed by atoms with Crippen molar-refractivity contribution in [2.75, 3.05) is 6.61 Å². The number of ether oxygens (including phenoxy) is 1. The van der Waals surface area contributed by atoms with Gasteiger partial charge in [-0.2, -0.15) is 6.07 Å². The minimum absolute atomic E-state index is 0. The molecule has 0 saturated carbocycles. The number of benzene rings is 4. The molecule has 0 aliphatic rings. The Balaban J connectivity index is 0.000000372. The van der Waals surface area contributed by atoms with Crippen LogP contribution in [0, 0.1) is 6.92 Å². The van der Waals surface area contributed by atoms with E-state index in [1.807, 2.05) is 23.3 Å². The largest absolute Gasteiger partial charge is 1.00 e. The Bertz CT molecular complexity index is 2270. The molecule has 0 amide bonds. The van der Waals surface area contributed by atoms with Crippen molar-refractivity contribution >= 4 is 27.0 Å². The van der Waals surface area contributed by atoms with Gasteiger partial charge in [-0.25, -0.2) is 0 Å². The van der Waals surface area contributed by atoms with Crippen LogP contribution in [0.5, 0.6) is 0 Å². The minimum atomic E-state index is -0.0210. The third-order valence-electron chi connectivity index (χ3n) is 12.1. The zero-order chi connectivity index (χ0) is 45.7. The molecular formula is C59H82Cl2OSiZr-2. The van der Waals surface area contributed by atoms with Gasteiger partial charge in [-0.1, -0.05) is 160 Å². The number of hydrogen-bond donors (Lipinski definition) is 0. The summed E-state index contributed by atoms with van der Waals surface area (Å²) in [6.07, 6.45) is 11.9. The first-order valence-corrected chi connectivity index (χ1v) is 29.9. The normalized spacial score (nSPS) is 11.7. The third-order valence-corrected chi connectivity index (χ3v) is 15.0. The molecule has 0 aliphatic heterocycles. The Morgan fingerprint density at radius 2 is 1.14 bits per heavy atom. The summed E-state index contributed by atoms with van der Waals surface area (Å²) in [5.74, 6) is 0.573. The number of fused-ring (bicyclic) bond motifs is 2. The fourth-order valence-corrected chi connectivity index (χ4v) is 10.3. The van der Waals surface area contributed by atoms with Crippen LogP contribution in [0.2, 0.25) is 12.6 Å². The molecule has 0 unspecified atom stereocenters. The molecule has 0 heterocycles. The third kappa shape index (κ3) is 18.1. The van der Waals surface area contributed by atoms with Crippen molar-refractivity contribution < 1.29 is 52.9 Å². The van der Waals surface area contributed by atoms with Gasteiger partial charge in [0.15, 0.2) is 0 Å². The van der Waals surface area contributed by atoms with E-state index in [1.165, 1.54) is 117 Å². The minimum Gasteiger partial charge on any atom is -1.00 e. The van der Waals surface area contributed by atoms with Gasteiger partial charge in [-0.05, 0) is 66.2 Å². The molecular weight excluding hydrogens is 915 g/mol. The van der Waals surface area contributed by atoms with Crippen LogP contribution >= 0.6 is 0 Å². The van der Waals surface area contributed by atoms with Gasteiger partial charge in [0.2, 0.25) is 0 Å². The van der Waals surface area contributed by atoms with E-state index in [4.69, 9.17) is 4.74 Å². The summed E-state index contributed by atoms with van der Waals surface area (Å²) in [6, 6.07) is 40.2. The van der Waals surface area contributed by atoms with Crippen molar-refractivity contribution in [1.29, 1.82) is 0 Å². The molecule has 64 heavy (non-hydrogen) atoms. The second kappa shape index (κ2) is 26.9. The van der Waals surface area contributed by atoms with Gasteiger partial charge in [0.1, 0.15) is 0 Å². The summed E-state index contributed by atoms with van der Waals surface area (Å²) in [4.78, 5) is 0. The molecule has 5 heteroatoms. The average Bonchev–Trinajstić information content (AvgIpc) is 3.80. The monoisotopic (exact) mass is 994 g/mol. The molecule has 0 atom stereocenters. The molecule has 0 spiro atoms. The van der Waals surface area contributed by atoms with Crippen molar-refractivity contribution in [3.8, 4) is 22.3 Å². The first kappa shape index (κ1) is 57.9. The summed E-state index contributed by atoms with van der Waals surface area (Å²) < 4.78 is 5.85. The van der Waals surface area contributed by atoms with Crippen LogP contribution in [0.4, 0.5) is 0 Å². The van der Waals surface area contributed by atoms with Crippen LogP contribution in [0.15, 0.2) is 103 Å². The topological polar surface area (TPSA) is 9.23 Å². The maximum absolute atomic E-state index is 5.85. The van der Waals surface area contributed by atoms with Gasteiger partial charge in [0.05, 0.1) is 5.60 Å². The average molecular weight is 998 g/mol. The van der Waals surface area contributed by atoms with Gasteiger partial charge in [0.25, 0.3) is 0 Å². The van der Waals surface area contributed by atoms with Gasteiger partial charge >= 0.3 is 74.0 Å². The number of rotatable bonds is 15. The summed E-state index contributed by atoms with van der Waals surface area (Å²) in [6.45, 7) is 32.4. The maximum Gasteiger partial charge on any atom is 0.0598 e. The predicted molar refractivity (Wildman–Crippen MR) is 275 cm³/mol. The molecule has 6 aromatic rings. The molecule has 6 rings (SSSR count). The first-order valence-electron chi connectivity index (χ1n) is 24.0. The van der Waals surface area contributed by atoms with E-state index in [0.29, 0.717) is 5.92 Å². The van der Waals surface area contributed by atoms with E-state index < -0.39 is 0 Å². The maximum atomic E-state index is 5.85. The molecule has 1 nitrogen and oxygen atoms in total. The summed E-state index contributed by atoms with van der Waals surface area (Å²) in [5, 5.41) is 5.55. The predicted octanol–water partition coefficient (Wildman–Crippen LogP) is 12.1. The Hall–Kier alpha value is -2.26. The van der Waals surface area contributed by atoms with E-state index in [-0.39, 0.29) is 46.7 Å². The van der Waals surface area contributed by atoms with Crippen molar-refractivity contribution in [3.63, 3.8) is 0 Å². The fourth-order valence-electron chi connectivity index (χ4n) is 8.20. The van der Waals surface area contributed by atoms with Crippen LogP contribution in [0.25, 0.3) is 43.8 Å². The SMILES string of the molecule is CC(C)c1cc2c(-c3ccc(C(C)(C)C)cc3)cccc2[cH-]1.CCCCCC[Si](C)=[Zr+2].Cc1[cH-]c2cccc(-c3ccc(C(C)(C)C)cc3)c2c1CCCCCCOC(C)(C)C.[Cl-].[Cl-]. The fraction of sp³-hybridized carbons (Fsp3) is 0.492. The van der Waals surface area contributed by atoms with Crippen molar-refractivity contribution in [2.45, 2.75) is 183 Å². The van der Waals surface area contributed by atoms with Gasteiger partial charge in [0, 0.05) is 6.61 Å². The standard InChI is InChI=1S/C30H41O.C22H25.C7H16Si.2ClH.Zr/c1-22-21-24-13-12-15-27(23-16-18-25(19-17-23)29(2,3)4)28(24)26(22)14-10-8-9-11-20-31-30(5,6)7;1-15(2)18-13-17-7-6-8-20(21(17)14-18)16-9-11-19(12-10-16)22(3,4)5;1-3-4-5-6-7-8-2;;;/h12-13,15-19,21H,8-11,14,20H2,1-7H3;6-15H,1-5H3;3-7H2,1-2H3;2*1H;/q2*-1;;;;+2/p-2. The molecule has 0 saturated heterocycles. The second-order valence-electron chi connectivity index (χ2n) is 21.2. The zero-order valence-corrected chi connectivity index (χ0v) is 47.3. The summed E-state index contributed by atoms with van der Waals surface area (Å²) in [7, 11) is 0. The van der Waals surface area contributed by atoms with E-state index in [9.17, 15) is 0 Å². The molecule has 0 bridgehead atoms. The smallest absolute Gasteiger partial charge is 0.0598 e. The van der Waals surface area contributed by atoms with Crippen LogP contribution in [-0.4, -0.2) is 17.6 Å². The molecule has 0 aliphatic carbocycles. The molecule has 0 aromatic heterocycles. The number of unbranched alkanes of at least 4 members (excludes halogenated alkanes) is 6.